The Morgan fingerprint density at radius 1 is 0.895 bits per heavy atom. The van der Waals surface area contributed by atoms with E-state index in [1.807, 2.05) is 60.7 Å². The van der Waals surface area contributed by atoms with E-state index in [9.17, 15) is 4.79 Å². The van der Waals surface area contributed by atoms with Crippen molar-refractivity contribution in [1.82, 2.24) is 0 Å². The van der Waals surface area contributed by atoms with Crippen LogP contribution in [0.1, 0.15) is 28.4 Å². The maximum absolute atomic E-state index is 11.2. The van der Waals surface area contributed by atoms with E-state index in [-0.39, 0.29) is 5.78 Å². The molecule has 0 fully saturated rings. The minimum Gasteiger partial charge on any atom is -0.497 e. The molecule has 0 heterocycles. The number of Topliss-reactive ketones (excluding diaryl/α,β-unsaturated/α-hetero) is 1. The Morgan fingerprint density at radius 2 is 1.37 bits per heavy atom. The number of ether oxygens (including phenoxy) is 1. The Morgan fingerprint density at radius 3 is 1.79 bits per heavy atom. The van der Waals surface area contributed by atoms with Crippen LogP contribution in [0.4, 0.5) is 0 Å². The van der Waals surface area contributed by atoms with Crippen molar-refractivity contribution >= 4 is 17.9 Å². The number of carbonyl (C=O) groups is 1. The molecule has 0 unspecified atom stereocenters. The molecule has 2 aromatic carbocycles. The van der Waals surface area contributed by atoms with Gasteiger partial charge in [-0.1, -0.05) is 48.6 Å². The van der Waals surface area contributed by atoms with E-state index in [0.717, 1.165) is 22.4 Å². The highest BCUT2D eigenvalue weighted by Crippen LogP contribution is 2.14. The third-order valence-electron chi connectivity index (χ3n) is 2.90. The number of hydrogen-bond acceptors (Lipinski definition) is 2. The van der Waals surface area contributed by atoms with Gasteiger partial charge in [0.05, 0.1) is 7.11 Å². The first kappa shape index (κ1) is 13.1. The molecule has 0 N–H and O–H groups in total. The van der Waals surface area contributed by atoms with Crippen molar-refractivity contribution in [3.8, 4) is 5.75 Å². The topological polar surface area (TPSA) is 26.3 Å². The van der Waals surface area contributed by atoms with Gasteiger partial charge in [0.25, 0.3) is 0 Å². The Balaban J connectivity index is 2.10. The van der Waals surface area contributed by atoms with Gasteiger partial charge in [-0.15, -0.1) is 0 Å². The maximum atomic E-state index is 11.2. The smallest absolute Gasteiger partial charge is 0.159 e. The number of carbonyl (C=O) groups excluding carboxylic acids is 1. The summed E-state index contributed by atoms with van der Waals surface area (Å²) in [5, 5.41) is 0. The van der Waals surface area contributed by atoms with Gasteiger partial charge in [-0.05, 0) is 30.2 Å². The maximum Gasteiger partial charge on any atom is 0.159 e. The zero-order valence-corrected chi connectivity index (χ0v) is 11.1. The minimum atomic E-state index is 0.0886. The van der Waals surface area contributed by atoms with Gasteiger partial charge >= 0.3 is 0 Å². The molecular formula is C17H16O2. The number of ketones is 1. The molecule has 0 amide bonds. The normalized spacial score (nSPS) is 10.6. The van der Waals surface area contributed by atoms with E-state index in [0.29, 0.717) is 0 Å². The second kappa shape index (κ2) is 6.01. The average Bonchev–Trinajstić information content (AvgIpc) is 2.46. The van der Waals surface area contributed by atoms with Gasteiger partial charge in [0.1, 0.15) is 5.75 Å². The van der Waals surface area contributed by atoms with Gasteiger partial charge in [-0.2, -0.15) is 0 Å². The second-order valence-electron chi connectivity index (χ2n) is 4.28. The van der Waals surface area contributed by atoms with E-state index in [1.165, 1.54) is 0 Å². The SMILES string of the molecule is COc1ccc(/C=C/c2ccc(C(C)=O)cc2)cc1. The fraction of sp³-hybridized carbons (Fsp3) is 0.118. The lowest BCUT2D eigenvalue weighted by Gasteiger charge is -1.99. The van der Waals surface area contributed by atoms with Crippen LogP contribution in [0.2, 0.25) is 0 Å². The minimum absolute atomic E-state index is 0.0886. The van der Waals surface area contributed by atoms with Crippen molar-refractivity contribution in [2.75, 3.05) is 7.11 Å². The standard InChI is InChI=1S/C17H16O2/c1-13(18)16-9-5-14(6-10-16)3-4-15-7-11-17(19-2)12-8-15/h3-12H,1-2H3/b4-3+. The molecule has 0 saturated heterocycles. The van der Waals surface area contributed by atoms with Crippen molar-refractivity contribution in [2.45, 2.75) is 6.92 Å². The zero-order chi connectivity index (χ0) is 13.7. The zero-order valence-electron chi connectivity index (χ0n) is 11.1. The molecule has 2 nitrogen and oxygen atoms in total. The predicted molar refractivity (Wildman–Crippen MR) is 78.4 cm³/mol. The Labute approximate surface area is 113 Å². The molecule has 2 aromatic rings. The van der Waals surface area contributed by atoms with E-state index >= 15 is 0 Å². The van der Waals surface area contributed by atoms with Gasteiger partial charge in [0.15, 0.2) is 5.78 Å². The third-order valence-corrected chi connectivity index (χ3v) is 2.90. The highest BCUT2D eigenvalue weighted by molar-refractivity contribution is 5.94. The predicted octanol–water partition coefficient (Wildman–Crippen LogP) is 4.07. The Kier molecular flexibility index (Phi) is 4.14. The molecule has 0 aromatic heterocycles. The van der Waals surface area contributed by atoms with Crippen LogP contribution in [0, 0.1) is 0 Å². The first-order valence-electron chi connectivity index (χ1n) is 6.12. The Bertz CT molecular complexity index is 578. The largest absolute Gasteiger partial charge is 0.497 e. The summed E-state index contributed by atoms with van der Waals surface area (Å²) in [5.41, 5.74) is 2.92. The molecule has 0 bridgehead atoms. The average molecular weight is 252 g/mol. The van der Waals surface area contributed by atoms with Crippen LogP contribution in [-0.4, -0.2) is 12.9 Å². The summed E-state index contributed by atoms with van der Waals surface area (Å²) in [5.74, 6) is 0.939. The number of benzene rings is 2. The van der Waals surface area contributed by atoms with Gasteiger partial charge in [-0.3, -0.25) is 4.79 Å². The van der Waals surface area contributed by atoms with E-state index in [4.69, 9.17) is 4.74 Å². The molecule has 0 aliphatic carbocycles. The van der Waals surface area contributed by atoms with Gasteiger partial charge < -0.3 is 4.74 Å². The van der Waals surface area contributed by atoms with Gasteiger partial charge in [0.2, 0.25) is 0 Å². The first-order valence-corrected chi connectivity index (χ1v) is 6.12. The van der Waals surface area contributed by atoms with E-state index in [1.54, 1.807) is 14.0 Å². The number of methoxy groups -OCH3 is 1. The van der Waals surface area contributed by atoms with Crippen LogP contribution in [0.3, 0.4) is 0 Å². The fourth-order valence-electron chi connectivity index (χ4n) is 1.74. The van der Waals surface area contributed by atoms with Crippen LogP contribution >= 0.6 is 0 Å². The molecule has 0 aliphatic rings. The second-order valence-corrected chi connectivity index (χ2v) is 4.28. The highest BCUT2D eigenvalue weighted by atomic mass is 16.5. The molecule has 0 saturated carbocycles. The summed E-state index contributed by atoms with van der Waals surface area (Å²) in [6.45, 7) is 1.57. The highest BCUT2D eigenvalue weighted by Gasteiger charge is 1.97. The lowest BCUT2D eigenvalue weighted by atomic mass is 10.1. The summed E-state index contributed by atoms with van der Waals surface area (Å²) >= 11 is 0. The summed E-state index contributed by atoms with van der Waals surface area (Å²) < 4.78 is 5.11. The number of rotatable bonds is 4. The fourth-order valence-corrected chi connectivity index (χ4v) is 1.74. The first-order chi connectivity index (χ1) is 9.19. The van der Waals surface area contributed by atoms with Crippen molar-refractivity contribution in [3.63, 3.8) is 0 Å². The third kappa shape index (κ3) is 3.55. The number of hydrogen-bond donors (Lipinski definition) is 0. The molecule has 0 spiro atoms. The van der Waals surface area contributed by atoms with Crippen LogP contribution in [-0.2, 0) is 0 Å². The van der Waals surface area contributed by atoms with Crippen LogP contribution in [0.15, 0.2) is 48.5 Å². The molecule has 19 heavy (non-hydrogen) atoms. The molecule has 0 aliphatic heterocycles. The molecule has 2 rings (SSSR count). The van der Waals surface area contributed by atoms with Crippen molar-refractivity contribution in [2.24, 2.45) is 0 Å². The van der Waals surface area contributed by atoms with Crippen molar-refractivity contribution in [3.05, 3.63) is 65.2 Å². The Hall–Kier alpha value is -2.35. The lowest BCUT2D eigenvalue weighted by molar-refractivity contribution is 0.101. The summed E-state index contributed by atoms with van der Waals surface area (Å²) in [7, 11) is 1.65. The van der Waals surface area contributed by atoms with E-state index < -0.39 is 0 Å². The van der Waals surface area contributed by atoms with E-state index in [2.05, 4.69) is 0 Å². The lowest BCUT2D eigenvalue weighted by Crippen LogP contribution is -1.90. The van der Waals surface area contributed by atoms with Crippen LogP contribution in [0.25, 0.3) is 12.2 Å². The summed E-state index contributed by atoms with van der Waals surface area (Å²) in [4.78, 5) is 11.2. The van der Waals surface area contributed by atoms with Crippen LogP contribution < -0.4 is 4.74 Å². The summed E-state index contributed by atoms with van der Waals surface area (Å²) in [6.07, 6.45) is 4.05. The molecule has 2 heteroatoms. The van der Waals surface area contributed by atoms with Crippen LogP contribution in [0.5, 0.6) is 5.75 Å². The quantitative estimate of drug-likeness (QED) is 0.605. The van der Waals surface area contributed by atoms with Gasteiger partial charge in [0, 0.05) is 5.56 Å². The van der Waals surface area contributed by atoms with Gasteiger partial charge in [-0.25, -0.2) is 0 Å². The van der Waals surface area contributed by atoms with Crippen molar-refractivity contribution in [1.29, 1.82) is 0 Å². The molecule has 96 valence electrons. The molecule has 0 atom stereocenters. The molecule has 0 radical (unpaired) electrons. The molecular weight excluding hydrogens is 236 g/mol. The summed E-state index contributed by atoms with van der Waals surface area (Å²) in [6, 6.07) is 15.4. The van der Waals surface area contributed by atoms with Crippen molar-refractivity contribution < 1.29 is 9.53 Å². The monoisotopic (exact) mass is 252 g/mol.